The Bertz CT molecular complexity index is 206. The van der Waals surface area contributed by atoms with Crippen molar-refractivity contribution < 1.29 is 4.39 Å². The van der Waals surface area contributed by atoms with E-state index in [0.717, 1.165) is 5.84 Å². The average molecular weight is 156 g/mol. The summed E-state index contributed by atoms with van der Waals surface area (Å²) < 4.78 is 13.0. The smallest absolute Gasteiger partial charge is 0.141 e. The summed E-state index contributed by atoms with van der Waals surface area (Å²) in [6.45, 7) is 5.78. The zero-order valence-corrected chi connectivity index (χ0v) is 7.06. The number of halogens is 1. The third-order valence-corrected chi connectivity index (χ3v) is 1.71. The van der Waals surface area contributed by atoms with E-state index in [1.165, 1.54) is 6.20 Å². The minimum atomic E-state index is -0.188. The Morgan fingerprint density at radius 3 is 2.73 bits per heavy atom. The molecule has 1 unspecified atom stereocenters. The first-order valence-corrected chi connectivity index (χ1v) is 3.77. The van der Waals surface area contributed by atoms with Gasteiger partial charge in [0.2, 0.25) is 0 Å². The Hall–Kier alpha value is -0.860. The molecule has 1 aliphatic heterocycles. The number of hydrogen-bond acceptors (Lipinski definition) is 2. The van der Waals surface area contributed by atoms with Gasteiger partial charge in [-0.3, -0.25) is 0 Å². The SMILES string of the molecule is CC1=NC=C(F)C(C(C)C)N1. The zero-order valence-electron chi connectivity index (χ0n) is 7.06. The Kier molecular flexibility index (Phi) is 2.27. The number of hydrogen-bond donors (Lipinski definition) is 1. The quantitative estimate of drug-likeness (QED) is 0.615. The van der Waals surface area contributed by atoms with Crippen LogP contribution >= 0.6 is 0 Å². The predicted octanol–water partition coefficient (Wildman–Crippen LogP) is 1.84. The zero-order chi connectivity index (χ0) is 8.43. The lowest BCUT2D eigenvalue weighted by Crippen LogP contribution is -2.39. The van der Waals surface area contributed by atoms with E-state index >= 15 is 0 Å². The van der Waals surface area contributed by atoms with Gasteiger partial charge in [0.25, 0.3) is 0 Å². The van der Waals surface area contributed by atoms with Gasteiger partial charge < -0.3 is 5.32 Å². The van der Waals surface area contributed by atoms with Gasteiger partial charge in [-0.25, -0.2) is 9.38 Å². The van der Waals surface area contributed by atoms with Gasteiger partial charge in [-0.05, 0) is 12.8 Å². The normalized spacial score (nSPS) is 24.3. The fourth-order valence-electron chi connectivity index (χ4n) is 1.06. The van der Waals surface area contributed by atoms with E-state index in [-0.39, 0.29) is 17.8 Å². The molecule has 0 saturated carbocycles. The molecular weight excluding hydrogens is 143 g/mol. The fourth-order valence-corrected chi connectivity index (χ4v) is 1.06. The highest BCUT2D eigenvalue weighted by molar-refractivity contribution is 5.81. The summed E-state index contributed by atoms with van der Waals surface area (Å²) in [6, 6.07) is -0.188. The topological polar surface area (TPSA) is 24.4 Å². The second kappa shape index (κ2) is 3.03. The van der Waals surface area contributed by atoms with Crippen LogP contribution in [0.25, 0.3) is 0 Å². The van der Waals surface area contributed by atoms with Crippen molar-refractivity contribution in [3.05, 3.63) is 12.0 Å². The van der Waals surface area contributed by atoms with Gasteiger partial charge in [0.15, 0.2) is 0 Å². The minimum Gasteiger partial charge on any atom is -0.364 e. The maximum absolute atomic E-state index is 13.0. The number of nitrogens with one attached hydrogen (secondary N) is 1. The van der Waals surface area contributed by atoms with Gasteiger partial charge in [0.05, 0.1) is 18.1 Å². The molecule has 0 bridgehead atoms. The van der Waals surface area contributed by atoms with E-state index in [0.29, 0.717) is 0 Å². The standard InChI is InChI=1S/C8H13FN2/c1-5(2)8-7(9)4-10-6(3)11-8/h4-5,8H,1-3H3,(H,10,11). The second-order valence-corrected chi connectivity index (χ2v) is 3.09. The van der Waals surface area contributed by atoms with Crippen LogP contribution in [0.5, 0.6) is 0 Å². The van der Waals surface area contributed by atoms with Crippen LogP contribution in [0.1, 0.15) is 20.8 Å². The number of aliphatic imine (C=N–C) groups is 1. The van der Waals surface area contributed by atoms with E-state index in [4.69, 9.17) is 0 Å². The van der Waals surface area contributed by atoms with Crippen molar-refractivity contribution in [2.75, 3.05) is 0 Å². The van der Waals surface area contributed by atoms with Crippen LogP contribution in [0.3, 0.4) is 0 Å². The van der Waals surface area contributed by atoms with Crippen LogP contribution in [0.15, 0.2) is 17.0 Å². The Balaban J connectivity index is 2.73. The molecule has 2 nitrogen and oxygen atoms in total. The summed E-state index contributed by atoms with van der Waals surface area (Å²) in [5.41, 5.74) is 0. The average Bonchev–Trinajstić information content (AvgIpc) is 1.94. The lowest BCUT2D eigenvalue weighted by molar-refractivity contribution is 0.415. The lowest BCUT2D eigenvalue weighted by atomic mass is 10.0. The maximum atomic E-state index is 13.0. The van der Waals surface area contributed by atoms with Crippen molar-refractivity contribution in [3.63, 3.8) is 0 Å². The minimum absolute atomic E-state index is 0.175. The van der Waals surface area contributed by atoms with E-state index in [1.807, 2.05) is 20.8 Å². The van der Waals surface area contributed by atoms with Crippen LogP contribution in [0, 0.1) is 5.92 Å². The largest absolute Gasteiger partial charge is 0.364 e. The summed E-state index contributed by atoms with van der Waals surface area (Å²) in [4.78, 5) is 3.81. The van der Waals surface area contributed by atoms with E-state index in [2.05, 4.69) is 10.3 Å². The first kappa shape index (κ1) is 8.24. The van der Waals surface area contributed by atoms with Crippen LogP contribution in [-0.2, 0) is 0 Å². The molecule has 0 fully saturated rings. The van der Waals surface area contributed by atoms with Crippen LogP contribution in [-0.4, -0.2) is 11.9 Å². The summed E-state index contributed by atoms with van der Waals surface area (Å²) in [5.74, 6) is 0.868. The van der Waals surface area contributed by atoms with Gasteiger partial charge in [0.1, 0.15) is 5.83 Å². The Labute approximate surface area is 66.2 Å². The van der Waals surface area contributed by atoms with Crippen LogP contribution in [0.4, 0.5) is 4.39 Å². The molecule has 1 atom stereocenters. The van der Waals surface area contributed by atoms with Crippen molar-refractivity contribution in [2.45, 2.75) is 26.8 Å². The molecule has 0 saturated heterocycles. The molecule has 0 spiro atoms. The molecule has 11 heavy (non-hydrogen) atoms. The summed E-state index contributed by atoms with van der Waals surface area (Å²) in [5, 5.41) is 2.97. The summed E-state index contributed by atoms with van der Waals surface area (Å²) in [7, 11) is 0. The van der Waals surface area contributed by atoms with Crippen molar-refractivity contribution in [1.29, 1.82) is 0 Å². The molecule has 1 heterocycles. The van der Waals surface area contributed by atoms with Crippen molar-refractivity contribution in [3.8, 4) is 0 Å². The Morgan fingerprint density at radius 1 is 1.64 bits per heavy atom. The molecule has 0 amide bonds. The van der Waals surface area contributed by atoms with Gasteiger partial charge in [0, 0.05) is 0 Å². The molecule has 0 aromatic rings. The molecule has 0 radical (unpaired) electrons. The third kappa shape index (κ3) is 1.79. The van der Waals surface area contributed by atoms with Crippen molar-refractivity contribution >= 4 is 5.84 Å². The predicted molar refractivity (Wildman–Crippen MR) is 44.1 cm³/mol. The van der Waals surface area contributed by atoms with E-state index < -0.39 is 0 Å². The van der Waals surface area contributed by atoms with Gasteiger partial charge >= 0.3 is 0 Å². The van der Waals surface area contributed by atoms with E-state index in [1.54, 1.807) is 0 Å². The first-order chi connectivity index (χ1) is 5.11. The number of amidine groups is 1. The summed E-state index contributed by atoms with van der Waals surface area (Å²) >= 11 is 0. The molecule has 1 rings (SSSR count). The molecule has 1 N–H and O–H groups in total. The highest BCUT2D eigenvalue weighted by Crippen LogP contribution is 2.16. The van der Waals surface area contributed by atoms with Crippen molar-refractivity contribution in [2.24, 2.45) is 10.9 Å². The fraction of sp³-hybridized carbons (Fsp3) is 0.625. The monoisotopic (exact) mass is 156 g/mol. The molecule has 1 aliphatic rings. The third-order valence-electron chi connectivity index (χ3n) is 1.71. The number of rotatable bonds is 1. The molecule has 0 aliphatic carbocycles. The molecule has 0 aromatic heterocycles. The lowest BCUT2D eigenvalue weighted by Gasteiger charge is -2.23. The molecular formula is C8H13FN2. The van der Waals surface area contributed by atoms with E-state index in [9.17, 15) is 4.39 Å². The van der Waals surface area contributed by atoms with Crippen molar-refractivity contribution in [1.82, 2.24) is 5.32 Å². The molecule has 62 valence electrons. The van der Waals surface area contributed by atoms with Crippen LogP contribution in [0.2, 0.25) is 0 Å². The van der Waals surface area contributed by atoms with Gasteiger partial charge in [-0.15, -0.1) is 0 Å². The highest BCUT2D eigenvalue weighted by atomic mass is 19.1. The Morgan fingerprint density at radius 2 is 2.27 bits per heavy atom. The highest BCUT2D eigenvalue weighted by Gasteiger charge is 2.20. The van der Waals surface area contributed by atoms with Gasteiger partial charge in [-0.1, -0.05) is 13.8 Å². The summed E-state index contributed by atoms with van der Waals surface area (Å²) in [6.07, 6.45) is 1.29. The van der Waals surface area contributed by atoms with Crippen LogP contribution < -0.4 is 5.32 Å². The first-order valence-electron chi connectivity index (χ1n) is 3.77. The molecule has 3 heteroatoms. The van der Waals surface area contributed by atoms with Gasteiger partial charge in [-0.2, -0.15) is 0 Å². The molecule has 0 aromatic carbocycles. The second-order valence-electron chi connectivity index (χ2n) is 3.09. The number of nitrogens with zero attached hydrogens (tertiary/aromatic N) is 1. The maximum Gasteiger partial charge on any atom is 0.141 e.